The van der Waals surface area contributed by atoms with E-state index in [9.17, 15) is 13.6 Å². The van der Waals surface area contributed by atoms with Crippen molar-refractivity contribution in [2.45, 2.75) is 91.0 Å². The molecule has 1 unspecified atom stereocenters. The summed E-state index contributed by atoms with van der Waals surface area (Å²) < 4.78 is 29.1. The van der Waals surface area contributed by atoms with Gasteiger partial charge in [-0.2, -0.15) is 4.21 Å². The van der Waals surface area contributed by atoms with Gasteiger partial charge in [0.2, 0.25) is 0 Å². The molecule has 0 amide bonds. The summed E-state index contributed by atoms with van der Waals surface area (Å²) in [6.07, 6.45) is 15.9. The average molecular weight is 686 g/mol. The van der Waals surface area contributed by atoms with Crippen molar-refractivity contribution >= 4 is 50.5 Å². The number of carboxylic acid groups (broad SMARTS) is 1. The molecule has 44 heavy (non-hydrogen) atoms. The number of hydrogen-bond donors (Lipinski definition) is 2. The third-order valence-corrected chi connectivity index (χ3v) is 9.17. The number of hydrogen-bond acceptors (Lipinski definition) is 5. The summed E-state index contributed by atoms with van der Waals surface area (Å²) in [7, 11) is 0. The van der Waals surface area contributed by atoms with Gasteiger partial charge in [0.25, 0.3) is 0 Å². The quantitative estimate of drug-likeness (QED) is 0.0967. The second kappa shape index (κ2) is 13.9. The maximum atomic E-state index is 11.4. The standard InChI is InChI=1S/C34H42BrN3O5S/c1-7-17-37-22-24(35)20-27-32(37)36-28(33(27,3)4)14-10-8-11-15-29-34(5,6)26-21-25(43-44(41)42)19-23(2)31(26)38(29)18-13-9-12-16-30(39)40/h8,10-11,14-15,19-22H,7,9,12-13,16-18H2,1-6H3,(H-,39,40,41,42)/p+1. The van der Waals surface area contributed by atoms with Crippen LogP contribution in [-0.2, 0) is 33.5 Å². The number of carbonyl (C=O) groups is 1. The fourth-order valence-electron chi connectivity index (χ4n) is 6.16. The molecule has 0 radical (unpaired) electrons. The summed E-state index contributed by atoms with van der Waals surface area (Å²) in [6, 6.07) is 5.80. The van der Waals surface area contributed by atoms with Crippen LogP contribution >= 0.6 is 15.9 Å². The highest BCUT2D eigenvalue weighted by atomic mass is 79.9. The molecule has 1 aromatic carbocycles. The van der Waals surface area contributed by atoms with E-state index >= 15 is 0 Å². The number of anilines is 1. The lowest BCUT2D eigenvalue weighted by molar-refractivity contribution is -0.684. The Hall–Kier alpha value is -3.08. The lowest BCUT2D eigenvalue weighted by atomic mass is 9.82. The van der Waals surface area contributed by atoms with Crippen LogP contribution in [0.5, 0.6) is 5.75 Å². The molecule has 0 saturated carbocycles. The fourth-order valence-corrected chi connectivity index (χ4v) is 6.89. The molecule has 2 aliphatic rings. The second-order valence-corrected chi connectivity index (χ2v) is 13.9. The number of aliphatic carboxylic acids is 1. The Morgan fingerprint density at radius 3 is 2.52 bits per heavy atom. The second-order valence-electron chi connectivity index (χ2n) is 12.4. The zero-order valence-electron chi connectivity index (χ0n) is 26.4. The number of pyridine rings is 1. The molecule has 2 N–H and O–H groups in total. The molecule has 0 fully saturated rings. The molecule has 8 nitrogen and oxygen atoms in total. The van der Waals surface area contributed by atoms with Gasteiger partial charge in [-0.05, 0) is 102 Å². The van der Waals surface area contributed by atoms with Crippen molar-refractivity contribution in [3.8, 4) is 5.75 Å². The number of fused-ring (bicyclic) bond motifs is 2. The lowest BCUT2D eigenvalue weighted by Gasteiger charge is -2.27. The van der Waals surface area contributed by atoms with Crippen molar-refractivity contribution in [3.05, 3.63) is 81.6 Å². The number of benzene rings is 1. The van der Waals surface area contributed by atoms with E-state index in [1.807, 2.05) is 31.2 Å². The van der Waals surface area contributed by atoms with Gasteiger partial charge in [0.1, 0.15) is 11.9 Å². The topological polar surface area (TPSA) is 103 Å². The predicted molar refractivity (Wildman–Crippen MR) is 180 cm³/mol. The van der Waals surface area contributed by atoms with Crippen LogP contribution in [0.2, 0.25) is 0 Å². The van der Waals surface area contributed by atoms with E-state index in [2.05, 4.69) is 84.4 Å². The Kier molecular flexibility index (Phi) is 10.7. The Balaban J connectivity index is 1.61. The van der Waals surface area contributed by atoms with E-state index in [-0.39, 0.29) is 11.8 Å². The molecule has 0 bridgehead atoms. The molecule has 0 aliphatic carbocycles. The maximum Gasteiger partial charge on any atom is 0.357 e. The predicted octanol–water partition coefficient (Wildman–Crippen LogP) is 7.77. The van der Waals surface area contributed by atoms with Gasteiger partial charge in [-0.25, -0.2) is 4.57 Å². The van der Waals surface area contributed by atoms with Crippen LogP contribution in [0.1, 0.15) is 83.4 Å². The maximum absolute atomic E-state index is 11.4. The van der Waals surface area contributed by atoms with Crippen molar-refractivity contribution in [2.75, 3.05) is 11.4 Å². The van der Waals surface area contributed by atoms with Crippen molar-refractivity contribution in [2.24, 2.45) is 4.99 Å². The molecule has 236 valence electrons. The Morgan fingerprint density at radius 1 is 1.09 bits per heavy atom. The van der Waals surface area contributed by atoms with Crippen molar-refractivity contribution in [3.63, 3.8) is 0 Å². The Morgan fingerprint density at radius 2 is 1.84 bits per heavy atom. The zero-order chi connectivity index (χ0) is 32.2. The number of nitrogens with zero attached hydrogens (tertiary/aromatic N) is 3. The van der Waals surface area contributed by atoms with Crippen molar-refractivity contribution < 1.29 is 27.4 Å². The highest BCUT2D eigenvalue weighted by Gasteiger charge is 2.43. The minimum atomic E-state index is -2.41. The van der Waals surface area contributed by atoms with Crippen LogP contribution in [0, 0.1) is 6.92 Å². The third-order valence-electron chi connectivity index (χ3n) is 8.40. The average Bonchev–Trinajstić information content (AvgIpc) is 3.30. The molecule has 1 atom stereocenters. The number of aryl methyl sites for hydroxylation is 2. The molecule has 0 saturated heterocycles. The molecule has 0 spiro atoms. The summed E-state index contributed by atoms with van der Waals surface area (Å²) in [5.74, 6) is 0.591. The van der Waals surface area contributed by atoms with Gasteiger partial charge in [-0.15, -0.1) is 0 Å². The van der Waals surface area contributed by atoms with Gasteiger partial charge in [0.05, 0.1) is 22.0 Å². The summed E-state index contributed by atoms with van der Waals surface area (Å²) >= 11 is 1.25. The van der Waals surface area contributed by atoms with Gasteiger partial charge in [-0.1, -0.05) is 45.4 Å². The minimum absolute atomic E-state index is 0.168. The molecule has 10 heteroatoms. The monoisotopic (exact) mass is 684 g/mol. The fraction of sp³-hybridized carbons (Fsp3) is 0.441. The van der Waals surface area contributed by atoms with Gasteiger partial charge in [0.15, 0.2) is 5.71 Å². The third kappa shape index (κ3) is 7.24. The summed E-state index contributed by atoms with van der Waals surface area (Å²) in [5.41, 5.74) is 5.72. The highest BCUT2D eigenvalue weighted by molar-refractivity contribution is 9.10. The van der Waals surface area contributed by atoms with E-state index in [4.69, 9.17) is 14.3 Å². The Labute approximate surface area is 271 Å². The largest absolute Gasteiger partial charge is 0.481 e. The summed E-state index contributed by atoms with van der Waals surface area (Å²) in [4.78, 5) is 18.3. The molecule has 2 aliphatic heterocycles. The number of carboxylic acids is 1. The number of rotatable bonds is 13. The first kappa shape index (κ1) is 33.8. The first-order chi connectivity index (χ1) is 20.8. The summed E-state index contributed by atoms with van der Waals surface area (Å²) in [5, 5.41) is 9.02. The molecular weight excluding hydrogens is 642 g/mol. The van der Waals surface area contributed by atoms with E-state index in [0.29, 0.717) is 12.2 Å². The van der Waals surface area contributed by atoms with Crippen LogP contribution < -0.4 is 13.7 Å². The number of aromatic nitrogens is 1. The molecule has 1 aromatic heterocycles. The van der Waals surface area contributed by atoms with E-state index in [1.54, 1.807) is 6.07 Å². The Bertz CT molecular complexity index is 1570. The zero-order valence-corrected chi connectivity index (χ0v) is 28.8. The number of allylic oxidation sites excluding steroid dienone is 6. The smallest absolute Gasteiger partial charge is 0.357 e. The van der Waals surface area contributed by atoms with E-state index in [1.165, 1.54) is 5.56 Å². The van der Waals surface area contributed by atoms with E-state index in [0.717, 1.165) is 70.9 Å². The highest BCUT2D eigenvalue weighted by Crippen LogP contribution is 2.51. The first-order valence-electron chi connectivity index (χ1n) is 15.1. The van der Waals surface area contributed by atoms with Crippen LogP contribution in [0.25, 0.3) is 0 Å². The number of halogens is 1. The molecule has 3 heterocycles. The molecular formula is C34H43BrN3O5S+. The van der Waals surface area contributed by atoms with Gasteiger partial charge in [0, 0.05) is 29.8 Å². The first-order valence-corrected chi connectivity index (χ1v) is 16.9. The van der Waals surface area contributed by atoms with Crippen LogP contribution in [0.4, 0.5) is 11.5 Å². The molecule has 2 aromatic rings. The van der Waals surface area contributed by atoms with Gasteiger partial charge < -0.3 is 14.2 Å². The van der Waals surface area contributed by atoms with Gasteiger partial charge in [-0.3, -0.25) is 9.35 Å². The van der Waals surface area contributed by atoms with Crippen molar-refractivity contribution in [1.82, 2.24) is 0 Å². The minimum Gasteiger partial charge on any atom is -0.481 e. The summed E-state index contributed by atoms with van der Waals surface area (Å²) in [6.45, 7) is 14.5. The molecule has 4 rings (SSSR count). The van der Waals surface area contributed by atoms with Crippen LogP contribution in [0.3, 0.4) is 0 Å². The van der Waals surface area contributed by atoms with Crippen LogP contribution in [0.15, 0.2) is 69.9 Å². The van der Waals surface area contributed by atoms with Crippen molar-refractivity contribution in [1.29, 1.82) is 0 Å². The number of unbranched alkanes of at least 4 members (excludes halogenated alkanes) is 2. The van der Waals surface area contributed by atoms with Gasteiger partial charge >= 0.3 is 23.1 Å². The van der Waals surface area contributed by atoms with E-state index < -0.39 is 22.7 Å². The van der Waals surface area contributed by atoms with Crippen LogP contribution in [-0.4, -0.2) is 32.1 Å². The SMILES string of the molecule is CCC[n+]1cc(Br)cc2c1N=C(/C=C/C=C/C=C1/N(CCCCCC(=O)O)c3c(C)cc(OS(=O)O)cc3C1(C)C)C2(C)C. The number of aliphatic imine (C=N–C) groups is 1. The normalized spacial score (nSPS) is 18.2. The lowest BCUT2D eigenvalue weighted by Crippen LogP contribution is -2.35.